The van der Waals surface area contributed by atoms with Crippen LogP contribution in [-0.2, 0) is 4.79 Å². The molecular weight excluding hydrogens is 260 g/mol. The van der Waals surface area contributed by atoms with Crippen LogP contribution < -0.4 is 10.1 Å². The van der Waals surface area contributed by atoms with Gasteiger partial charge in [0.2, 0.25) is 5.91 Å². The predicted octanol–water partition coefficient (Wildman–Crippen LogP) is 1.28. The van der Waals surface area contributed by atoms with E-state index in [0.29, 0.717) is 13.1 Å². The minimum Gasteiger partial charge on any atom is -0.497 e. The Bertz CT molecular complexity index is 500. The lowest BCUT2D eigenvalue weighted by Gasteiger charge is -2.17. The van der Waals surface area contributed by atoms with E-state index < -0.39 is 12.1 Å². The van der Waals surface area contributed by atoms with Gasteiger partial charge in [0.1, 0.15) is 11.8 Å². The monoisotopic (exact) mass is 278 g/mol. The van der Waals surface area contributed by atoms with Gasteiger partial charge in [-0.05, 0) is 24.6 Å². The number of benzene rings is 1. The summed E-state index contributed by atoms with van der Waals surface area (Å²) in [7, 11) is 1.59. The van der Waals surface area contributed by atoms with E-state index >= 15 is 0 Å². The summed E-state index contributed by atoms with van der Waals surface area (Å²) in [5.74, 6) is 0.383. The topological polar surface area (TPSA) is 78.9 Å². The highest BCUT2D eigenvalue weighted by atomic mass is 16.5. The third-order valence-corrected chi connectivity index (χ3v) is 3.60. The number of carbonyl (C=O) groups excluding carboxylic acids is 1. The quantitative estimate of drug-likeness (QED) is 0.869. The van der Waals surface area contributed by atoms with Gasteiger partial charge in [-0.2, -0.15) is 0 Å². The third kappa shape index (κ3) is 2.68. The molecule has 2 rings (SSSR count). The number of methoxy groups -OCH3 is 1. The molecule has 1 heterocycles. The van der Waals surface area contributed by atoms with Crippen LogP contribution in [0.15, 0.2) is 24.3 Å². The molecule has 2 amide bonds. The van der Waals surface area contributed by atoms with E-state index in [1.165, 1.54) is 0 Å². The smallest absolute Gasteiger partial charge is 0.405 e. The van der Waals surface area contributed by atoms with Crippen molar-refractivity contribution in [2.45, 2.75) is 18.9 Å². The van der Waals surface area contributed by atoms with Gasteiger partial charge in [-0.25, -0.2) is 4.79 Å². The van der Waals surface area contributed by atoms with E-state index in [2.05, 4.69) is 5.32 Å². The predicted molar refractivity (Wildman–Crippen MR) is 72.9 cm³/mol. The van der Waals surface area contributed by atoms with Crippen LogP contribution in [0.5, 0.6) is 5.75 Å². The molecule has 0 aliphatic carbocycles. The number of likely N-dealkylation sites (tertiary alicyclic amines) is 1. The summed E-state index contributed by atoms with van der Waals surface area (Å²) in [5, 5.41) is 11.2. The minimum absolute atomic E-state index is 0.171. The molecule has 1 saturated heterocycles. The number of carbonyl (C=O) groups is 2. The second kappa shape index (κ2) is 5.81. The summed E-state index contributed by atoms with van der Waals surface area (Å²) >= 11 is 0. The molecule has 20 heavy (non-hydrogen) atoms. The second-order valence-electron chi connectivity index (χ2n) is 4.68. The van der Waals surface area contributed by atoms with Gasteiger partial charge in [-0.3, -0.25) is 4.79 Å². The highest BCUT2D eigenvalue weighted by molar-refractivity contribution is 5.88. The summed E-state index contributed by atoms with van der Waals surface area (Å²) < 4.78 is 5.10. The molecule has 0 bridgehead atoms. The Hall–Kier alpha value is -2.24. The molecule has 1 aliphatic rings. The van der Waals surface area contributed by atoms with Crippen molar-refractivity contribution in [2.24, 2.45) is 0 Å². The van der Waals surface area contributed by atoms with Crippen molar-refractivity contribution in [1.29, 1.82) is 0 Å². The van der Waals surface area contributed by atoms with Crippen molar-refractivity contribution in [1.82, 2.24) is 10.2 Å². The Labute approximate surface area is 117 Å². The van der Waals surface area contributed by atoms with Crippen molar-refractivity contribution >= 4 is 12.0 Å². The number of nitrogens with zero attached hydrogens (tertiary/aromatic N) is 1. The van der Waals surface area contributed by atoms with Gasteiger partial charge in [0.15, 0.2) is 0 Å². The minimum atomic E-state index is -1.18. The molecule has 0 spiro atoms. The number of rotatable bonds is 4. The summed E-state index contributed by atoms with van der Waals surface area (Å²) in [6.45, 7) is 2.97. The highest BCUT2D eigenvalue weighted by Crippen LogP contribution is 2.29. The number of likely N-dealkylation sites (N-methyl/N-ethyl adjacent to an activating group) is 1. The van der Waals surface area contributed by atoms with Crippen LogP contribution in [0.25, 0.3) is 0 Å². The van der Waals surface area contributed by atoms with Crippen LogP contribution in [0.4, 0.5) is 4.79 Å². The van der Waals surface area contributed by atoms with Gasteiger partial charge < -0.3 is 20.1 Å². The Kier molecular flexibility index (Phi) is 4.12. The summed E-state index contributed by atoms with van der Waals surface area (Å²) in [5.41, 5.74) is 0.925. The lowest BCUT2D eigenvalue weighted by molar-refractivity contribution is -0.129. The average Bonchev–Trinajstić information content (AvgIpc) is 2.75. The van der Waals surface area contributed by atoms with Gasteiger partial charge in [0.05, 0.1) is 7.11 Å². The molecule has 1 aromatic carbocycles. The zero-order valence-corrected chi connectivity index (χ0v) is 11.5. The molecule has 0 unspecified atom stereocenters. The summed E-state index contributed by atoms with van der Waals surface area (Å²) in [4.78, 5) is 24.7. The van der Waals surface area contributed by atoms with Crippen LogP contribution >= 0.6 is 0 Å². The number of nitrogens with one attached hydrogen (secondary N) is 1. The first kappa shape index (κ1) is 14.2. The number of amides is 2. The molecule has 0 saturated carbocycles. The normalized spacial score (nSPS) is 21.9. The van der Waals surface area contributed by atoms with E-state index in [-0.39, 0.29) is 11.8 Å². The number of carboxylic acid groups (broad SMARTS) is 1. The van der Waals surface area contributed by atoms with E-state index in [1.54, 1.807) is 12.0 Å². The molecule has 0 aromatic heterocycles. The van der Waals surface area contributed by atoms with E-state index in [1.807, 2.05) is 31.2 Å². The van der Waals surface area contributed by atoms with Crippen molar-refractivity contribution in [3.8, 4) is 5.75 Å². The van der Waals surface area contributed by atoms with Crippen molar-refractivity contribution in [3.05, 3.63) is 29.8 Å². The molecule has 108 valence electrons. The van der Waals surface area contributed by atoms with Gasteiger partial charge in [0, 0.05) is 19.0 Å². The lowest BCUT2D eigenvalue weighted by atomic mass is 9.94. The molecule has 0 radical (unpaired) electrons. The Morgan fingerprint density at radius 1 is 1.45 bits per heavy atom. The summed E-state index contributed by atoms with van der Waals surface area (Å²) in [6.07, 6.45) is -1.18. The fourth-order valence-corrected chi connectivity index (χ4v) is 2.53. The maximum absolute atomic E-state index is 12.2. The zero-order valence-electron chi connectivity index (χ0n) is 11.5. The molecular formula is C14H18N2O4. The Morgan fingerprint density at radius 3 is 2.60 bits per heavy atom. The van der Waals surface area contributed by atoms with Crippen molar-refractivity contribution in [2.75, 3.05) is 20.2 Å². The fourth-order valence-electron chi connectivity index (χ4n) is 2.53. The van der Waals surface area contributed by atoms with Crippen LogP contribution in [0, 0.1) is 0 Å². The Morgan fingerprint density at radius 2 is 2.10 bits per heavy atom. The number of hydrogen-bond acceptors (Lipinski definition) is 3. The second-order valence-corrected chi connectivity index (χ2v) is 4.68. The number of hydrogen-bond donors (Lipinski definition) is 2. The molecule has 1 aliphatic heterocycles. The standard InChI is InChI=1S/C14H18N2O4/c1-3-16-8-11(12(13(16)17)15-14(18)19)9-4-6-10(20-2)7-5-9/h4-7,11-12,15H,3,8H2,1-2H3,(H,18,19)/t11-,12-/m0/s1. The molecule has 2 atom stereocenters. The first-order valence-electron chi connectivity index (χ1n) is 6.49. The van der Waals surface area contributed by atoms with Gasteiger partial charge in [-0.15, -0.1) is 0 Å². The first-order chi connectivity index (χ1) is 9.56. The molecule has 6 heteroatoms. The van der Waals surface area contributed by atoms with E-state index in [4.69, 9.17) is 9.84 Å². The largest absolute Gasteiger partial charge is 0.497 e. The SMILES string of the molecule is CCN1C[C@@H](c2ccc(OC)cc2)[C@H](NC(=O)O)C1=O. The van der Waals surface area contributed by atoms with Crippen LogP contribution in [0.1, 0.15) is 18.4 Å². The maximum atomic E-state index is 12.2. The molecule has 2 N–H and O–H groups in total. The van der Waals surface area contributed by atoms with Gasteiger partial charge >= 0.3 is 6.09 Å². The Balaban J connectivity index is 2.26. The summed E-state index contributed by atoms with van der Waals surface area (Å²) in [6, 6.07) is 6.64. The molecule has 6 nitrogen and oxygen atoms in total. The van der Waals surface area contributed by atoms with E-state index in [9.17, 15) is 9.59 Å². The lowest BCUT2D eigenvalue weighted by Crippen LogP contribution is -2.42. The van der Waals surface area contributed by atoms with Crippen LogP contribution in [0.3, 0.4) is 0 Å². The molecule has 1 aromatic rings. The maximum Gasteiger partial charge on any atom is 0.405 e. The van der Waals surface area contributed by atoms with Crippen LogP contribution in [0.2, 0.25) is 0 Å². The highest BCUT2D eigenvalue weighted by Gasteiger charge is 2.41. The van der Waals surface area contributed by atoms with E-state index in [0.717, 1.165) is 11.3 Å². The van der Waals surface area contributed by atoms with Crippen LogP contribution in [-0.4, -0.2) is 48.2 Å². The van der Waals surface area contributed by atoms with Gasteiger partial charge in [0.25, 0.3) is 0 Å². The van der Waals surface area contributed by atoms with Crippen molar-refractivity contribution < 1.29 is 19.4 Å². The molecule has 1 fully saturated rings. The zero-order chi connectivity index (χ0) is 14.7. The third-order valence-electron chi connectivity index (χ3n) is 3.60. The van der Waals surface area contributed by atoms with Gasteiger partial charge in [-0.1, -0.05) is 12.1 Å². The average molecular weight is 278 g/mol. The fraction of sp³-hybridized carbons (Fsp3) is 0.429. The van der Waals surface area contributed by atoms with Crippen molar-refractivity contribution in [3.63, 3.8) is 0 Å². The first-order valence-corrected chi connectivity index (χ1v) is 6.49. The number of ether oxygens (including phenoxy) is 1.